The zero-order chi connectivity index (χ0) is 24.6. The molecular formula is C25H28N6O3S. The Morgan fingerprint density at radius 3 is 2.74 bits per heavy atom. The minimum absolute atomic E-state index is 0.0147. The minimum Gasteiger partial charge on any atom is -0.493 e. The first-order valence-electron chi connectivity index (χ1n) is 11.5. The number of rotatable bonds is 9. The van der Waals surface area contributed by atoms with E-state index in [0.29, 0.717) is 35.7 Å². The zero-order valence-corrected chi connectivity index (χ0v) is 20.6. The third kappa shape index (κ3) is 6.19. The topological polar surface area (TPSA) is 105 Å². The Kier molecular flexibility index (Phi) is 8.00. The number of nitrogens with one attached hydrogen (secondary N) is 1. The van der Waals surface area contributed by atoms with Gasteiger partial charge in [0.1, 0.15) is 18.2 Å². The Morgan fingerprint density at radius 1 is 1.23 bits per heavy atom. The number of anilines is 2. The van der Waals surface area contributed by atoms with E-state index in [1.807, 2.05) is 53.2 Å². The monoisotopic (exact) mass is 492 g/mol. The summed E-state index contributed by atoms with van der Waals surface area (Å²) in [5, 5.41) is 21.8. The van der Waals surface area contributed by atoms with Gasteiger partial charge >= 0.3 is 0 Å². The highest BCUT2D eigenvalue weighted by Gasteiger charge is 2.20. The Labute approximate surface area is 208 Å². The Hall–Kier alpha value is -3.84. The van der Waals surface area contributed by atoms with E-state index in [1.54, 1.807) is 13.2 Å². The molecule has 0 spiro atoms. The first-order valence-corrected chi connectivity index (χ1v) is 12.3. The van der Waals surface area contributed by atoms with Gasteiger partial charge in [-0.25, -0.2) is 0 Å². The van der Waals surface area contributed by atoms with Crippen LogP contribution in [0.2, 0.25) is 0 Å². The molecule has 0 radical (unpaired) electrons. The van der Waals surface area contributed by atoms with Gasteiger partial charge in [0, 0.05) is 25.0 Å². The van der Waals surface area contributed by atoms with Crippen LogP contribution in [0.4, 0.5) is 10.3 Å². The normalized spacial score (nSPS) is 14.4. The molecule has 4 rings (SSSR count). The van der Waals surface area contributed by atoms with Crippen LogP contribution in [0.3, 0.4) is 0 Å². The molecule has 0 saturated carbocycles. The van der Waals surface area contributed by atoms with Crippen molar-refractivity contribution in [3.05, 3.63) is 53.9 Å². The number of methoxy groups -OCH3 is 1. The van der Waals surface area contributed by atoms with Crippen LogP contribution in [-0.4, -0.2) is 47.5 Å². The van der Waals surface area contributed by atoms with Crippen LogP contribution in [0.5, 0.6) is 11.5 Å². The number of ether oxygens (including phenoxy) is 2. The molecule has 182 valence electrons. The average molecular weight is 493 g/mol. The summed E-state index contributed by atoms with van der Waals surface area (Å²) in [6, 6.07) is 13.1. The van der Waals surface area contributed by atoms with Crippen molar-refractivity contribution < 1.29 is 14.3 Å². The lowest BCUT2D eigenvalue weighted by Gasteiger charge is -2.29. The van der Waals surface area contributed by atoms with Gasteiger partial charge in [-0.05, 0) is 49.1 Å². The molecule has 3 aromatic rings. The van der Waals surface area contributed by atoms with Crippen LogP contribution in [0, 0.1) is 17.2 Å². The van der Waals surface area contributed by atoms with Gasteiger partial charge < -0.3 is 18.9 Å². The molecule has 0 atom stereocenters. The van der Waals surface area contributed by atoms with Gasteiger partial charge in [-0.15, -0.1) is 10.2 Å². The van der Waals surface area contributed by atoms with Crippen LogP contribution in [-0.2, 0) is 11.3 Å². The summed E-state index contributed by atoms with van der Waals surface area (Å²) >= 11 is 1.32. The second-order valence-electron chi connectivity index (χ2n) is 8.31. The fourth-order valence-corrected chi connectivity index (χ4v) is 4.60. The van der Waals surface area contributed by atoms with Crippen molar-refractivity contribution in [3.63, 3.8) is 0 Å². The molecule has 9 nitrogen and oxygen atoms in total. The fourth-order valence-electron chi connectivity index (χ4n) is 3.81. The Bertz CT molecular complexity index is 1220. The SMILES string of the molecule is COc1ccccc1OCCn1cccc1/C=C(/C#N)C(=O)Nc1nnc(N2CCC(C)CC2)s1. The van der Waals surface area contributed by atoms with E-state index in [2.05, 4.69) is 27.3 Å². The third-order valence-corrected chi connectivity index (χ3v) is 6.77. The summed E-state index contributed by atoms with van der Waals surface area (Å²) in [5.74, 6) is 1.53. The molecule has 2 aromatic heterocycles. The van der Waals surface area contributed by atoms with E-state index >= 15 is 0 Å². The lowest BCUT2D eigenvalue weighted by atomic mass is 10.00. The maximum atomic E-state index is 12.8. The van der Waals surface area contributed by atoms with Gasteiger partial charge in [0.15, 0.2) is 11.5 Å². The predicted molar refractivity (Wildman–Crippen MR) is 136 cm³/mol. The molecule has 35 heavy (non-hydrogen) atoms. The number of nitriles is 1. The summed E-state index contributed by atoms with van der Waals surface area (Å²) in [5.41, 5.74) is 0.708. The summed E-state index contributed by atoms with van der Waals surface area (Å²) < 4.78 is 13.1. The molecule has 1 fully saturated rings. The average Bonchev–Trinajstić information content (AvgIpc) is 3.52. The summed E-state index contributed by atoms with van der Waals surface area (Å²) in [6.07, 6.45) is 5.67. The second-order valence-corrected chi connectivity index (χ2v) is 9.27. The largest absolute Gasteiger partial charge is 0.493 e. The number of benzene rings is 1. The van der Waals surface area contributed by atoms with E-state index in [0.717, 1.165) is 36.8 Å². The highest BCUT2D eigenvalue weighted by atomic mass is 32.1. The van der Waals surface area contributed by atoms with Gasteiger partial charge in [-0.1, -0.05) is 30.4 Å². The number of hydrogen-bond donors (Lipinski definition) is 1. The quantitative estimate of drug-likeness (QED) is 0.352. The lowest BCUT2D eigenvalue weighted by molar-refractivity contribution is -0.112. The van der Waals surface area contributed by atoms with Crippen molar-refractivity contribution in [3.8, 4) is 17.6 Å². The number of carbonyl (C=O) groups is 1. The summed E-state index contributed by atoms with van der Waals surface area (Å²) in [6.45, 7) is 5.05. The Morgan fingerprint density at radius 2 is 2.00 bits per heavy atom. The first-order chi connectivity index (χ1) is 17.1. The molecule has 1 aliphatic heterocycles. The van der Waals surface area contributed by atoms with Gasteiger partial charge in [0.2, 0.25) is 10.3 Å². The number of aromatic nitrogens is 3. The molecule has 10 heteroatoms. The van der Waals surface area contributed by atoms with Crippen molar-refractivity contribution in [2.45, 2.75) is 26.3 Å². The number of carbonyl (C=O) groups excluding carboxylic acids is 1. The Balaban J connectivity index is 1.37. The molecule has 1 N–H and O–H groups in total. The predicted octanol–water partition coefficient (Wildman–Crippen LogP) is 4.21. The van der Waals surface area contributed by atoms with Crippen LogP contribution in [0.1, 0.15) is 25.5 Å². The maximum absolute atomic E-state index is 12.8. The van der Waals surface area contributed by atoms with Crippen molar-refractivity contribution in [2.24, 2.45) is 5.92 Å². The van der Waals surface area contributed by atoms with Crippen LogP contribution < -0.4 is 19.7 Å². The van der Waals surface area contributed by atoms with Crippen LogP contribution >= 0.6 is 11.3 Å². The number of para-hydroxylation sites is 2. The molecule has 1 aromatic carbocycles. The highest BCUT2D eigenvalue weighted by molar-refractivity contribution is 7.19. The van der Waals surface area contributed by atoms with E-state index in [4.69, 9.17) is 9.47 Å². The van der Waals surface area contributed by atoms with Gasteiger partial charge in [-0.3, -0.25) is 10.1 Å². The van der Waals surface area contributed by atoms with Crippen molar-refractivity contribution in [1.82, 2.24) is 14.8 Å². The van der Waals surface area contributed by atoms with Gasteiger partial charge in [0.25, 0.3) is 5.91 Å². The highest BCUT2D eigenvalue weighted by Crippen LogP contribution is 2.28. The van der Waals surface area contributed by atoms with Crippen LogP contribution in [0.25, 0.3) is 6.08 Å². The fraction of sp³-hybridized carbons (Fsp3) is 0.360. The number of piperidine rings is 1. The van der Waals surface area contributed by atoms with Gasteiger partial charge in [0.05, 0.1) is 13.7 Å². The van der Waals surface area contributed by atoms with Crippen LogP contribution in [0.15, 0.2) is 48.2 Å². The number of hydrogen-bond acceptors (Lipinski definition) is 8. The van der Waals surface area contributed by atoms with Crippen molar-refractivity contribution in [1.29, 1.82) is 5.26 Å². The number of amides is 1. The third-order valence-electron chi connectivity index (χ3n) is 5.87. The van der Waals surface area contributed by atoms with E-state index in [-0.39, 0.29) is 5.57 Å². The molecule has 3 heterocycles. The molecule has 1 amide bonds. The lowest BCUT2D eigenvalue weighted by Crippen LogP contribution is -2.32. The summed E-state index contributed by atoms with van der Waals surface area (Å²) in [4.78, 5) is 14.9. The first kappa shape index (κ1) is 24.3. The molecule has 0 aliphatic carbocycles. The van der Waals surface area contributed by atoms with E-state index in [9.17, 15) is 10.1 Å². The molecule has 1 saturated heterocycles. The van der Waals surface area contributed by atoms with E-state index < -0.39 is 5.91 Å². The van der Waals surface area contributed by atoms with Crippen molar-refractivity contribution >= 4 is 33.6 Å². The molecule has 0 unspecified atom stereocenters. The molecule has 1 aliphatic rings. The smallest absolute Gasteiger partial charge is 0.268 e. The summed E-state index contributed by atoms with van der Waals surface area (Å²) in [7, 11) is 1.60. The molecular weight excluding hydrogens is 464 g/mol. The second kappa shape index (κ2) is 11.5. The standard InChI is InChI=1S/C25H28N6O3S/c1-18-9-12-31(13-10-18)25-29-28-24(35-25)27-23(32)19(17-26)16-20-6-5-11-30(20)14-15-34-22-8-4-3-7-21(22)33-2/h3-8,11,16,18H,9-10,12-15H2,1-2H3,(H,27,28,32)/b19-16-. The number of nitrogens with zero attached hydrogens (tertiary/aromatic N) is 5. The van der Waals surface area contributed by atoms with E-state index in [1.165, 1.54) is 11.3 Å². The minimum atomic E-state index is -0.513. The maximum Gasteiger partial charge on any atom is 0.268 e. The van der Waals surface area contributed by atoms with Gasteiger partial charge in [-0.2, -0.15) is 5.26 Å². The van der Waals surface area contributed by atoms with Crippen molar-refractivity contribution in [2.75, 3.05) is 37.0 Å². The zero-order valence-electron chi connectivity index (χ0n) is 19.8. The molecule has 0 bridgehead atoms.